The Morgan fingerprint density at radius 1 is 1.00 bits per heavy atom. The number of aryl methyl sites for hydroxylation is 1. The number of para-hydroxylation sites is 2. The lowest BCUT2D eigenvalue weighted by Gasteiger charge is -2.18. The van der Waals surface area contributed by atoms with Gasteiger partial charge in [0.2, 0.25) is 0 Å². The van der Waals surface area contributed by atoms with E-state index in [2.05, 4.69) is 86.2 Å². The fraction of sp³-hybridized carbons (Fsp3) is 0.348. The Morgan fingerprint density at radius 3 is 2.32 bits per heavy atom. The second kappa shape index (κ2) is 5.32. The number of imidazole rings is 1. The molecule has 0 saturated heterocycles. The maximum Gasteiger partial charge on any atom is 0.272 e. The normalized spacial score (nSPS) is 19.5. The summed E-state index contributed by atoms with van der Waals surface area (Å²) < 4.78 is 13.9. The van der Waals surface area contributed by atoms with Gasteiger partial charge in [-0.05, 0) is 45.4 Å². The van der Waals surface area contributed by atoms with Crippen LogP contribution >= 0.6 is 0 Å². The molecule has 0 spiro atoms. The average molecular weight is 332 g/mol. The Bertz CT molecular complexity index is 1020. The van der Waals surface area contributed by atoms with Crippen molar-refractivity contribution in [2.24, 2.45) is 0 Å². The third-order valence-corrected chi connectivity index (χ3v) is 5.26. The van der Waals surface area contributed by atoms with Crippen LogP contribution in [0.3, 0.4) is 0 Å². The molecule has 1 unspecified atom stereocenters. The van der Waals surface area contributed by atoms with Crippen molar-refractivity contribution in [2.45, 2.75) is 52.9 Å². The zero-order valence-corrected chi connectivity index (χ0v) is 16.0. The molecule has 0 N–H and O–H groups in total. The fourth-order valence-corrected chi connectivity index (χ4v) is 4.20. The van der Waals surface area contributed by atoms with Gasteiger partial charge in [-0.25, -0.2) is 0 Å². The molecule has 3 aromatic rings. The largest absolute Gasteiger partial charge is 0.272 e. The monoisotopic (exact) mass is 332 g/mol. The topological polar surface area (TPSA) is 8.81 Å². The highest BCUT2D eigenvalue weighted by molar-refractivity contribution is 5.55. The van der Waals surface area contributed by atoms with Crippen LogP contribution in [-0.2, 0) is 5.41 Å². The van der Waals surface area contributed by atoms with Crippen LogP contribution in [0.1, 0.15) is 63.3 Å². The highest BCUT2D eigenvalue weighted by atomic mass is 15.2. The van der Waals surface area contributed by atoms with Crippen molar-refractivity contribution in [1.29, 1.82) is 0 Å². The Hall–Kier alpha value is -2.35. The van der Waals surface area contributed by atoms with Gasteiger partial charge in [-0.1, -0.05) is 43.3 Å². The molecule has 0 fully saturated rings. The van der Waals surface area contributed by atoms with Crippen molar-refractivity contribution in [3.63, 3.8) is 0 Å². The van der Waals surface area contributed by atoms with E-state index in [0.717, 1.165) is 22.6 Å². The Labute approximate surface area is 152 Å². The number of benzene rings is 2. The van der Waals surface area contributed by atoms with E-state index in [9.17, 15) is 1.37 Å². The van der Waals surface area contributed by atoms with Gasteiger partial charge in [0.25, 0.3) is 5.82 Å². The first kappa shape index (κ1) is 14.9. The van der Waals surface area contributed by atoms with Crippen molar-refractivity contribution < 1.29 is 5.94 Å². The third kappa shape index (κ3) is 2.20. The number of aromatic nitrogens is 2. The van der Waals surface area contributed by atoms with E-state index >= 15 is 0 Å². The Kier molecular flexibility index (Phi) is 3.18. The summed E-state index contributed by atoms with van der Waals surface area (Å²) in [6.45, 7) is 13.1. The third-order valence-electron chi connectivity index (χ3n) is 5.26. The molecule has 0 bridgehead atoms. The molecule has 1 aliphatic heterocycles. The summed E-state index contributed by atoms with van der Waals surface area (Å²) in [6, 6.07) is 16.9. The van der Waals surface area contributed by atoms with Crippen LogP contribution in [0.5, 0.6) is 0 Å². The van der Waals surface area contributed by atoms with Gasteiger partial charge in [-0.3, -0.25) is 0 Å². The molecule has 0 aliphatic carbocycles. The summed E-state index contributed by atoms with van der Waals surface area (Å²) in [6.07, 6.45) is 0. The molecule has 4 rings (SSSR count). The second-order valence-corrected chi connectivity index (χ2v) is 8.11. The van der Waals surface area contributed by atoms with Crippen LogP contribution in [0.15, 0.2) is 48.5 Å². The minimum Gasteiger partial charge on any atom is -0.196 e. The maximum atomic E-state index is 9.19. The first-order valence-electron chi connectivity index (χ1n) is 9.50. The van der Waals surface area contributed by atoms with Crippen LogP contribution in [0.25, 0.3) is 11.4 Å². The summed E-state index contributed by atoms with van der Waals surface area (Å²) in [7, 11) is 0. The number of rotatable bonds is 1. The molecular weight excluding hydrogens is 304 g/mol. The van der Waals surface area contributed by atoms with Gasteiger partial charge in [0, 0.05) is 13.9 Å². The molecular formula is C23H27N2+. The van der Waals surface area contributed by atoms with E-state index in [0.29, 0.717) is 0 Å². The summed E-state index contributed by atoms with van der Waals surface area (Å²) in [4.78, 5) is 0. The van der Waals surface area contributed by atoms with Crippen molar-refractivity contribution in [2.75, 3.05) is 0 Å². The predicted molar refractivity (Wildman–Crippen MR) is 103 cm³/mol. The Morgan fingerprint density at radius 2 is 1.64 bits per heavy atom. The van der Waals surface area contributed by atoms with Crippen LogP contribution in [0.2, 0.25) is 0 Å². The minimum atomic E-state index is -0.755. The quantitative estimate of drug-likeness (QED) is 0.546. The average Bonchev–Trinajstić information content (AvgIpc) is 3.00. The summed E-state index contributed by atoms with van der Waals surface area (Å²) in [5.74, 6) is 0.469. The molecule has 0 amide bonds. The SMILES string of the molecule is [2H]C1(C)c2ccccc2-n2c1c(C)[n+](-c1ccccc1C)c2C(C)(C)C. The molecule has 2 heterocycles. The molecule has 1 atom stereocenters. The highest BCUT2D eigenvalue weighted by Crippen LogP contribution is 2.42. The van der Waals surface area contributed by atoms with Crippen LogP contribution < -0.4 is 4.57 Å². The lowest BCUT2D eigenvalue weighted by atomic mass is 9.94. The van der Waals surface area contributed by atoms with Gasteiger partial charge in [0.1, 0.15) is 17.1 Å². The van der Waals surface area contributed by atoms with Crippen molar-refractivity contribution in [1.82, 2.24) is 4.57 Å². The van der Waals surface area contributed by atoms with E-state index in [1.54, 1.807) is 0 Å². The molecule has 0 radical (unpaired) electrons. The molecule has 1 aromatic heterocycles. The smallest absolute Gasteiger partial charge is 0.196 e. The van der Waals surface area contributed by atoms with E-state index < -0.39 is 5.89 Å². The maximum absolute atomic E-state index is 9.19. The molecule has 2 heteroatoms. The molecule has 1 aliphatic rings. The number of nitrogens with zero attached hydrogens (tertiary/aromatic N) is 2. The van der Waals surface area contributed by atoms with Gasteiger partial charge >= 0.3 is 0 Å². The van der Waals surface area contributed by atoms with Crippen LogP contribution in [0.4, 0.5) is 0 Å². The van der Waals surface area contributed by atoms with E-state index in [4.69, 9.17) is 0 Å². The van der Waals surface area contributed by atoms with Crippen molar-refractivity contribution in [3.05, 3.63) is 76.9 Å². The molecule has 25 heavy (non-hydrogen) atoms. The van der Waals surface area contributed by atoms with E-state index in [-0.39, 0.29) is 5.41 Å². The van der Waals surface area contributed by atoms with Crippen molar-refractivity contribution in [3.8, 4) is 11.4 Å². The fourth-order valence-electron chi connectivity index (χ4n) is 4.20. The summed E-state index contributed by atoms with van der Waals surface area (Å²) in [5, 5.41) is 0. The number of fused-ring (bicyclic) bond motifs is 3. The van der Waals surface area contributed by atoms with Crippen molar-refractivity contribution >= 4 is 0 Å². The zero-order chi connectivity index (χ0) is 18.9. The second-order valence-electron chi connectivity index (χ2n) is 8.11. The highest BCUT2D eigenvalue weighted by Gasteiger charge is 2.44. The van der Waals surface area contributed by atoms with Gasteiger partial charge in [0.15, 0.2) is 5.69 Å². The number of hydrogen-bond acceptors (Lipinski definition) is 0. The predicted octanol–water partition coefficient (Wildman–Crippen LogP) is 5.13. The summed E-state index contributed by atoms with van der Waals surface area (Å²) in [5.41, 5.74) is 6.82. The molecule has 128 valence electrons. The molecule has 0 saturated carbocycles. The lowest BCUT2D eigenvalue weighted by Crippen LogP contribution is -2.43. The van der Waals surface area contributed by atoms with Gasteiger partial charge in [-0.15, -0.1) is 0 Å². The van der Waals surface area contributed by atoms with Crippen LogP contribution in [0, 0.1) is 13.8 Å². The first-order valence-corrected chi connectivity index (χ1v) is 9.00. The standard InChI is InChI=1S/C23H27N2/c1-15-11-7-9-13-19(15)24-17(3)21-16(2)18-12-8-10-14-20(18)25(21)22(24)23(4,5)6/h7-14,16H,1-6H3/q+1/i16D. The molecule has 2 aromatic carbocycles. The minimum absolute atomic E-state index is 0.0706. The van der Waals surface area contributed by atoms with E-state index in [1.807, 2.05) is 13.0 Å². The molecule has 2 nitrogen and oxygen atoms in total. The number of hydrogen-bond donors (Lipinski definition) is 0. The summed E-state index contributed by atoms with van der Waals surface area (Å²) >= 11 is 0. The lowest BCUT2D eigenvalue weighted by molar-refractivity contribution is -0.615. The van der Waals surface area contributed by atoms with E-state index in [1.165, 1.54) is 17.1 Å². The van der Waals surface area contributed by atoms with Gasteiger partial charge in [-0.2, -0.15) is 9.13 Å². The zero-order valence-electron chi connectivity index (χ0n) is 17.0. The Balaban J connectivity index is 2.19. The first-order chi connectivity index (χ1) is 12.2. The van der Waals surface area contributed by atoms with Gasteiger partial charge < -0.3 is 0 Å². The van der Waals surface area contributed by atoms with Crippen LogP contribution in [-0.4, -0.2) is 4.57 Å². The van der Waals surface area contributed by atoms with Gasteiger partial charge in [0.05, 0.1) is 11.3 Å².